The van der Waals surface area contributed by atoms with E-state index in [-0.39, 0.29) is 11.6 Å². The van der Waals surface area contributed by atoms with Gasteiger partial charge in [-0.3, -0.25) is 0 Å². The fraction of sp³-hybridized carbons (Fsp3) is 0.533. The van der Waals surface area contributed by atoms with Gasteiger partial charge in [-0.1, -0.05) is 12.1 Å². The first-order valence-corrected chi connectivity index (χ1v) is 7.03. The molecule has 0 atom stereocenters. The summed E-state index contributed by atoms with van der Waals surface area (Å²) in [6.45, 7) is 9.04. The van der Waals surface area contributed by atoms with Crippen molar-refractivity contribution in [2.24, 2.45) is 0 Å². The van der Waals surface area contributed by atoms with E-state index in [1.807, 2.05) is 49.9 Å². The zero-order valence-electron chi connectivity index (χ0n) is 12.5. The SMILES string of the molecule is CC(C)(C)NC(=O)N1CCN(c2ccccc2N)CC1. The van der Waals surface area contributed by atoms with Gasteiger partial charge in [0.2, 0.25) is 0 Å². The molecule has 2 rings (SSSR count). The molecular formula is C15H24N4O. The third-order valence-corrected chi connectivity index (χ3v) is 3.33. The van der Waals surface area contributed by atoms with Gasteiger partial charge in [0.05, 0.1) is 11.4 Å². The standard InChI is InChI=1S/C15H24N4O/c1-15(2,3)17-14(20)19-10-8-18(9-11-19)13-7-5-4-6-12(13)16/h4-7H,8-11,16H2,1-3H3,(H,17,20). The number of carbonyl (C=O) groups excluding carboxylic acids is 1. The highest BCUT2D eigenvalue weighted by atomic mass is 16.2. The predicted molar refractivity (Wildman–Crippen MR) is 82.9 cm³/mol. The number of hydrogen-bond donors (Lipinski definition) is 2. The molecule has 110 valence electrons. The van der Waals surface area contributed by atoms with Crippen LogP contribution in [0.4, 0.5) is 16.2 Å². The summed E-state index contributed by atoms with van der Waals surface area (Å²) in [4.78, 5) is 16.2. The van der Waals surface area contributed by atoms with Crippen LogP contribution in [0.2, 0.25) is 0 Å². The van der Waals surface area contributed by atoms with Crippen LogP contribution in [0.3, 0.4) is 0 Å². The second kappa shape index (κ2) is 5.61. The average molecular weight is 276 g/mol. The van der Waals surface area contributed by atoms with Crippen LogP contribution in [-0.2, 0) is 0 Å². The van der Waals surface area contributed by atoms with Crippen molar-refractivity contribution < 1.29 is 4.79 Å². The molecule has 0 unspecified atom stereocenters. The summed E-state index contributed by atoms with van der Waals surface area (Å²) in [5.74, 6) is 0. The number of nitrogens with one attached hydrogen (secondary N) is 1. The molecule has 0 saturated carbocycles. The number of hydrogen-bond acceptors (Lipinski definition) is 3. The Morgan fingerprint density at radius 2 is 1.75 bits per heavy atom. The molecule has 0 aromatic heterocycles. The van der Waals surface area contributed by atoms with E-state index in [4.69, 9.17) is 5.73 Å². The zero-order chi connectivity index (χ0) is 14.8. The second-order valence-electron chi connectivity index (χ2n) is 6.21. The molecule has 1 aromatic carbocycles. The van der Waals surface area contributed by atoms with Crippen molar-refractivity contribution in [2.75, 3.05) is 36.8 Å². The Balaban J connectivity index is 1.93. The number of piperazine rings is 1. The van der Waals surface area contributed by atoms with Crippen LogP contribution in [-0.4, -0.2) is 42.6 Å². The van der Waals surface area contributed by atoms with E-state index >= 15 is 0 Å². The molecule has 5 nitrogen and oxygen atoms in total. The van der Waals surface area contributed by atoms with E-state index in [1.54, 1.807) is 0 Å². The predicted octanol–water partition coefficient (Wildman–Crippen LogP) is 1.90. The van der Waals surface area contributed by atoms with Crippen molar-refractivity contribution in [1.82, 2.24) is 10.2 Å². The highest BCUT2D eigenvalue weighted by Gasteiger charge is 2.24. The topological polar surface area (TPSA) is 61.6 Å². The van der Waals surface area contributed by atoms with Gasteiger partial charge in [0, 0.05) is 31.7 Å². The lowest BCUT2D eigenvalue weighted by molar-refractivity contribution is 0.185. The first kappa shape index (κ1) is 14.5. The van der Waals surface area contributed by atoms with E-state index in [2.05, 4.69) is 10.2 Å². The number of amides is 2. The molecule has 1 heterocycles. The van der Waals surface area contributed by atoms with Crippen LogP contribution in [0.1, 0.15) is 20.8 Å². The number of benzene rings is 1. The third kappa shape index (κ3) is 3.56. The Morgan fingerprint density at radius 3 is 2.30 bits per heavy atom. The monoisotopic (exact) mass is 276 g/mol. The number of nitrogen functional groups attached to an aromatic ring is 1. The molecule has 5 heteroatoms. The maximum atomic E-state index is 12.1. The number of urea groups is 1. The fourth-order valence-corrected chi connectivity index (χ4v) is 2.33. The van der Waals surface area contributed by atoms with E-state index in [1.165, 1.54) is 0 Å². The maximum Gasteiger partial charge on any atom is 0.317 e. The molecule has 1 saturated heterocycles. The molecular weight excluding hydrogens is 252 g/mol. The molecule has 1 fully saturated rings. The molecule has 1 aliphatic heterocycles. The molecule has 0 aliphatic carbocycles. The van der Waals surface area contributed by atoms with E-state index in [9.17, 15) is 4.79 Å². The minimum absolute atomic E-state index is 0.0122. The van der Waals surface area contributed by atoms with Gasteiger partial charge in [-0.15, -0.1) is 0 Å². The Bertz CT molecular complexity index is 473. The summed E-state index contributed by atoms with van der Waals surface area (Å²) in [5.41, 5.74) is 7.65. The Morgan fingerprint density at radius 1 is 1.15 bits per heavy atom. The van der Waals surface area contributed by atoms with Gasteiger partial charge in [-0.2, -0.15) is 0 Å². The van der Waals surface area contributed by atoms with E-state index in [0.29, 0.717) is 0 Å². The van der Waals surface area contributed by atoms with Crippen LogP contribution >= 0.6 is 0 Å². The van der Waals surface area contributed by atoms with Gasteiger partial charge in [-0.05, 0) is 32.9 Å². The summed E-state index contributed by atoms with van der Waals surface area (Å²) in [6, 6.07) is 7.88. The highest BCUT2D eigenvalue weighted by molar-refractivity contribution is 5.75. The molecule has 20 heavy (non-hydrogen) atoms. The quantitative estimate of drug-likeness (QED) is 0.770. The van der Waals surface area contributed by atoms with Crippen LogP contribution in [0, 0.1) is 0 Å². The van der Waals surface area contributed by atoms with Gasteiger partial charge < -0.3 is 20.9 Å². The first-order chi connectivity index (χ1) is 9.37. The molecule has 3 N–H and O–H groups in total. The maximum absolute atomic E-state index is 12.1. The van der Waals surface area contributed by atoms with Crippen molar-refractivity contribution >= 4 is 17.4 Å². The summed E-state index contributed by atoms with van der Waals surface area (Å²) in [5, 5.41) is 3.00. The van der Waals surface area contributed by atoms with Gasteiger partial charge in [0.15, 0.2) is 0 Å². The Kier molecular flexibility index (Phi) is 4.06. The number of nitrogens with two attached hydrogens (primary N) is 1. The Hall–Kier alpha value is -1.91. The van der Waals surface area contributed by atoms with Crippen molar-refractivity contribution in [3.8, 4) is 0 Å². The summed E-state index contributed by atoms with van der Waals surface area (Å²) >= 11 is 0. The average Bonchev–Trinajstić information content (AvgIpc) is 2.37. The number of rotatable bonds is 1. The molecule has 0 spiro atoms. The summed E-state index contributed by atoms with van der Waals surface area (Å²) < 4.78 is 0. The van der Waals surface area contributed by atoms with Gasteiger partial charge in [0.1, 0.15) is 0 Å². The summed E-state index contributed by atoms with van der Waals surface area (Å²) in [6.07, 6.45) is 0. The molecule has 0 bridgehead atoms. The van der Waals surface area contributed by atoms with Crippen molar-refractivity contribution in [2.45, 2.75) is 26.3 Å². The van der Waals surface area contributed by atoms with Crippen molar-refractivity contribution in [1.29, 1.82) is 0 Å². The lowest BCUT2D eigenvalue weighted by Crippen LogP contribution is -2.55. The second-order valence-corrected chi connectivity index (χ2v) is 6.21. The lowest BCUT2D eigenvalue weighted by atomic mass is 10.1. The number of carbonyl (C=O) groups is 1. The number of nitrogens with zero attached hydrogens (tertiary/aromatic N) is 2. The first-order valence-electron chi connectivity index (χ1n) is 7.03. The van der Waals surface area contributed by atoms with E-state index in [0.717, 1.165) is 37.6 Å². The van der Waals surface area contributed by atoms with Gasteiger partial charge in [-0.25, -0.2) is 4.79 Å². The third-order valence-electron chi connectivity index (χ3n) is 3.33. The smallest absolute Gasteiger partial charge is 0.317 e. The normalized spacial score (nSPS) is 16.1. The van der Waals surface area contributed by atoms with Gasteiger partial charge in [0.25, 0.3) is 0 Å². The van der Waals surface area contributed by atoms with Crippen LogP contribution in [0.25, 0.3) is 0 Å². The lowest BCUT2D eigenvalue weighted by Gasteiger charge is -2.37. The Labute approximate surface area is 120 Å². The van der Waals surface area contributed by atoms with Crippen LogP contribution < -0.4 is 16.0 Å². The summed E-state index contributed by atoms with van der Waals surface area (Å²) in [7, 11) is 0. The zero-order valence-corrected chi connectivity index (χ0v) is 12.5. The van der Waals surface area contributed by atoms with Crippen LogP contribution in [0.5, 0.6) is 0 Å². The molecule has 2 amide bonds. The minimum Gasteiger partial charge on any atom is -0.397 e. The fourth-order valence-electron chi connectivity index (χ4n) is 2.33. The molecule has 0 radical (unpaired) electrons. The van der Waals surface area contributed by atoms with Gasteiger partial charge >= 0.3 is 6.03 Å². The highest BCUT2D eigenvalue weighted by Crippen LogP contribution is 2.23. The number of anilines is 2. The van der Waals surface area contributed by atoms with Crippen molar-refractivity contribution in [3.63, 3.8) is 0 Å². The molecule has 1 aliphatic rings. The van der Waals surface area contributed by atoms with Crippen LogP contribution in [0.15, 0.2) is 24.3 Å². The van der Waals surface area contributed by atoms with Crippen molar-refractivity contribution in [3.05, 3.63) is 24.3 Å². The minimum atomic E-state index is -0.196. The number of para-hydroxylation sites is 2. The molecule has 1 aromatic rings. The largest absolute Gasteiger partial charge is 0.397 e. The van der Waals surface area contributed by atoms with E-state index < -0.39 is 0 Å².